The molecule has 1 amide bonds. The molecule has 5 nitrogen and oxygen atoms in total. The van der Waals surface area contributed by atoms with Crippen molar-refractivity contribution < 1.29 is 14.7 Å². The van der Waals surface area contributed by atoms with Crippen molar-refractivity contribution in [3.8, 4) is 0 Å². The minimum absolute atomic E-state index is 0.0706. The van der Waals surface area contributed by atoms with Crippen LogP contribution in [0.5, 0.6) is 0 Å². The van der Waals surface area contributed by atoms with Gasteiger partial charge < -0.3 is 10.4 Å². The molecule has 5 heteroatoms. The molecule has 1 unspecified atom stereocenters. The van der Waals surface area contributed by atoms with Crippen LogP contribution in [0.3, 0.4) is 0 Å². The number of anilines is 1. The Morgan fingerprint density at radius 2 is 2.19 bits per heavy atom. The van der Waals surface area contributed by atoms with Gasteiger partial charge in [0.15, 0.2) is 0 Å². The summed E-state index contributed by atoms with van der Waals surface area (Å²) in [5, 5.41) is 11.2. The molecule has 2 N–H and O–H groups in total. The van der Waals surface area contributed by atoms with E-state index in [2.05, 4.69) is 10.3 Å². The first kappa shape index (κ1) is 12.2. The van der Waals surface area contributed by atoms with E-state index < -0.39 is 5.97 Å². The molecule has 0 fully saturated rings. The van der Waals surface area contributed by atoms with Gasteiger partial charge in [0.1, 0.15) is 5.82 Å². The second kappa shape index (κ2) is 5.25. The molecule has 0 aliphatic carbocycles. The lowest BCUT2D eigenvalue weighted by molar-refractivity contribution is -0.137. The zero-order chi connectivity index (χ0) is 12.1. The van der Waals surface area contributed by atoms with Crippen LogP contribution < -0.4 is 5.32 Å². The Balaban J connectivity index is 2.70. The van der Waals surface area contributed by atoms with Crippen LogP contribution in [0.15, 0.2) is 18.3 Å². The highest BCUT2D eigenvalue weighted by Gasteiger charge is 2.10. The molecule has 86 valence electrons. The fourth-order valence-corrected chi connectivity index (χ4v) is 1.33. The van der Waals surface area contributed by atoms with Crippen LogP contribution in [0.4, 0.5) is 5.82 Å². The zero-order valence-electron chi connectivity index (χ0n) is 9.23. The predicted octanol–water partition coefficient (Wildman–Crippen LogP) is 1.62. The van der Waals surface area contributed by atoms with E-state index in [0.29, 0.717) is 5.82 Å². The van der Waals surface area contributed by atoms with Crippen molar-refractivity contribution in [1.82, 2.24) is 4.98 Å². The molecule has 0 spiro atoms. The van der Waals surface area contributed by atoms with Crippen LogP contribution >= 0.6 is 0 Å². The Hall–Kier alpha value is -1.91. The number of carboxylic acids is 1. The van der Waals surface area contributed by atoms with Crippen molar-refractivity contribution in [2.24, 2.45) is 0 Å². The number of carbonyl (C=O) groups excluding carboxylic acids is 1. The largest absolute Gasteiger partial charge is 0.481 e. The van der Waals surface area contributed by atoms with Gasteiger partial charge >= 0.3 is 5.97 Å². The molecular weight excluding hydrogens is 208 g/mol. The van der Waals surface area contributed by atoms with Crippen molar-refractivity contribution >= 4 is 17.7 Å². The Kier molecular flexibility index (Phi) is 3.99. The van der Waals surface area contributed by atoms with E-state index in [-0.39, 0.29) is 18.2 Å². The number of aliphatic carboxylic acids is 1. The average Bonchev–Trinajstić information content (AvgIpc) is 2.16. The molecule has 0 radical (unpaired) electrons. The van der Waals surface area contributed by atoms with Gasteiger partial charge in [0, 0.05) is 13.1 Å². The minimum atomic E-state index is -0.835. The Labute approximate surface area is 93.5 Å². The summed E-state index contributed by atoms with van der Waals surface area (Å²) >= 11 is 0. The summed E-state index contributed by atoms with van der Waals surface area (Å²) in [6.07, 6.45) is 1.65. The first-order chi connectivity index (χ1) is 7.49. The standard InChI is InChI=1S/C11H14N2O3/c1-7(5-11(15)16)9-3-4-10(12-6-9)13-8(2)14/h3-4,6-7H,5H2,1-2H3,(H,15,16)(H,12,13,14). The summed E-state index contributed by atoms with van der Waals surface area (Å²) < 4.78 is 0. The Morgan fingerprint density at radius 1 is 1.50 bits per heavy atom. The average molecular weight is 222 g/mol. The van der Waals surface area contributed by atoms with E-state index in [4.69, 9.17) is 5.11 Å². The summed E-state index contributed by atoms with van der Waals surface area (Å²) in [6.45, 7) is 3.23. The fourth-order valence-electron chi connectivity index (χ4n) is 1.33. The lowest BCUT2D eigenvalue weighted by Crippen LogP contribution is -2.08. The molecule has 16 heavy (non-hydrogen) atoms. The summed E-state index contributed by atoms with van der Waals surface area (Å²) in [5.41, 5.74) is 0.844. The molecule has 0 bridgehead atoms. The summed E-state index contributed by atoms with van der Waals surface area (Å²) in [5.74, 6) is -0.632. The Morgan fingerprint density at radius 3 is 2.62 bits per heavy atom. The first-order valence-corrected chi connectivity index (χ1v) is 4.94. The lowest BCUT2D eigenvalue weighted by Gasteiger charge is -2.09. The number of rotatable bonds is 4. The summed E-state index contributed by atoms with van der Waals surface area (Å²) in [6, 6.07) is 3.43. The number of nitrogens with zero attached hydrogens (tertiary/aromatic N) is 1. The molecule has 1 aromatic rings. The maximum atomic E-state index is 10.7. The third-order valence-electron chi connectivity index (χ3n) is 2.14. The van der Waals surface area contributed by atoms with Crippen LogP contribution in [0.2, 0.25) is 0 Å². The molecule has 0 aromatic carbocycles. The van der Waals surface area contributed by atoms with Crippen LogP contribution in [0, 0.1) is 0 Å². The number of amides is 1. The van der Waals surface area contributed by atoms with Crippen LogP contribution in [0.25, 0.3) is 0 Å². The maximum Gasteiger partial charge on any atom is 0.303 e. The third-order valence-corrected chi connectivity index (χ3v) is 2.14. The second-order valence-corrected chi connectivity index (χ2v) is 3.66. The molecule has 0 saturated heterocycles. The van der Waals surface area contributed by atoms with Crippen molar-refractivity contribution in [3.05, 3.63) is 23.9 Å². The van der Waals surface area contributed by atoms with Crippen molar-refractivity contribution in [2.75, 3.05) is 5.32 Å². The first-order valence-electron chi connectivity index (χ1n) is 4.94. The van der Waals surface area contributed by atoms with Gasteiger partial charge in [0.25, 0.3) is 0 Å². The van der Waals surface area contributed by atoms with Crippen LogP contribution in [-0.2, 0) is 9.59 Å². The number of aromatic nitrogens is 1. The fraction of sp³-hybridized carbons (Fsp3) is 0.364. The van der Waals surface area contributed by atoms with Gasteiger partial charge in [0.05, 0.1) is 6.42 Å². The van der Waals surface area contributed by atoms with Gasteiger partial charge in [-0.25, -0.2) is 4.98 Å². The smallest absolute Gasteiger partial charge is 0.303 e. The highest BCUT2D eigenvalue weighted by atomic mass is 16.4. The molecule has 1 atom stereocenters. The molecule has 1 rings (SSSR count). The van der Waals surface area contributed by atoms with Gasteiger partial charge in [-0.2, -0.15) is 0 Å². The van der Waals surface area contributed by atoms with Gasteiger partial charge in [-0.15, -0.1) is 0 Å². The highest BCUT2D eigenvalue weighted by molar-refractivity contribution is 5.87. The molecule has 0 aliphatic rings. The number of pyridine rings is 1. The number of carbonyl (C=O) groups is 2. The van der Waals surface area contributed by atoms with Crippen LogP contribution in [0.1, 0.15) is 31.7 Å². The normalized spacial score (nSPS) is 11.9. The molecular formula is C11H14N2O3. The zero-order valence-corrected chi connectivity index (χ0v) is 9.23. The van der Waals surface area contributed by atoms with Crippen LogP contribution in [-0.4, -0.2) is 22.0 Å². The number of nitrogens with one attached hydrogen (secondary N) is 1. The minimum Gasteiger partial charge on any atom is -0.481 e. The monoisotopic (exact) mass is 222 g/mol. The maximum absolute atomic E-state index is 10.7. The second-order valence-electron chi connectivity index (χ2n) is 3.66. The number of hydrogen-bond acceptors (Lipinski definition) is 3. The summed E-state index contributed by atoms with van der Waals surface area (Å²) in [7, 11) is 0. The van der Waals surface area contributed by atoms with E-state index >= 15 is 0 Å². The van der Waals surface area contributed by atoms with E-state index in [0.717, 1.165) is 5.56 Å². The topological polar surface area (TPSA) is 79.3 Å². The van der Waals surface area contributed by atoms with E-state index in [1.807, 2.05) is 6.92 Å². The van der Waals surface area contributed by atoms with Crippen molar-refractivity contribution in [3.63, 3.8) is 0 Å². The predicted molar refractivity (Wildman–Crippen MR) is 59.2 cm³/mol. The van der Waals surface area contributed by atoms with Gasteiger partial charge in [-0.3, -0.25) is 9.59 Å². The van der Waals surface area contributed by atoms with Gasteiger partial charge in [-0.1, -0.05) is 13.0 Å². The number of carboxylic acid groups (broad SMARTS) is 1. The quantitative estimate of drug-likeness (QED) is 0.811. The van der Waals surface area contributed by atoms with Gasteiger partial charge in [0.2, 0.25) is 5.91 Å². The van der Waals surface area contributed by atoms with Crippen molar-refractivity contribution in [1.29, 1.82) is 0 Å². The lowest BCUT2D eigenvalue weighted by atomic mass is 10.00. The van der Waals surface area contributed by atoms with E-state index in [9.17, 15) is 9.59 Å². The molecule has 1 heterocycles. The van der Waals surface area contributed by atoms with E-state index in [1.165, 1.54) is 6.92 Å². The summed E-state index contributed by atoms with van der Waals surface area (Å²) in [4.78, 5) is 25.3. The molecule has 0 aliphatic heterocycles. The highest BCUT2D eigenvalue weighted by Crippen LogP contribution is 2.18. The Bertz CT molecular complexity index is 387. The SMILES string of the molecule is CC(=O)Nc1ccc(C(C)CC(=O)O)cn1. The van der Waals surface area contributed by atoms with Crippen molar-refractivity contribution in [2.45, 2.75) is 26.2 Å². The van der Waals surface area contributed by atoms with E-state index in [1.54, 1.807) is 18.3 Å². The number of hydrogen-bond donors (Lipinski definition) is 2. The third kappa shape index (κ3) is 3.68. The molecule has 0 saturated carbocycles. The molecule has 1 aromatic heterocycles. The van der Waals surface area contributed by atoms with Gasteiger partial charge in [-0.05, 0) is 17.5 Å².